The number of hydrogen-bond donors (Lipinski definition) is 2. The van der Waals surface area contributed by atoms with Gasteiger partial charge in [0, 0.05) is 58.3 Å². The highest BCUT2D eigenvalue weighted by atomic mass is 16.5. The van der Waals surface area contributed by atoms with Gasteiger partial charge < -0.3 is 44.5 Å². The highest BCUT2D eigenvalue weighted by molar-refractivity contribution is 5.83. The number of fused-ring (bicyclic) bond motifs is 1. The van der Waals surface area contributed by atoms with Crippen molar-refractivity contribution in [2.45, 2.75) is 77.4 Å². The monoisotopic (exact) mass is 668 g/mol. The van der Waals surface area contributed by atoms with Crippen molar-refractivity contribution in [1.29, 1.82) is 0 Å². The van der Waals surface area contributed by atoms with E-state index < -0.39 is 11.5 Å². The number of hydrogen-bond acceptors (Lipinski definition) is 9. The van der Waals surface area contributed by atoms with Crippen LogP contribution in [-0.4, -0.2) is 102 Å². The van der Waals surface area contributed by atoms with E-state index in [1.54, 1.807) is 28.2 Å². The summed E-state index contributed by atoms with van der Waals surface area (Å²) in [4.78, 5) is 30.6. The van der Waals surface area contributed by atoms with E-state index >= 15 is 0 Å². The maximum atomic E-state index is 13.6. The van der Waals surface area contributed by atoms with Crippen LogP contribution in [0.1, 0.15) is 62.6 Å². The van der Waals surface area contributed by atoms with E-state index in [0.717, 1.165) is 47.6 Å². The Hall–Kier alpha value is -3.22. The number of anilines is 1. The zero-order chi connectivity index (χ0) is 34.7. The van der Waals surface area contributed by atoms with Crippen LogP contribution in [0.15, 0.2) is 42.5 Å². The Morgan fingerprint density at radius 2 is 1.77 bits per heavy atom. The predicted octanol–water partition coefficient (Wildman–Crippen LogP) is 3.86. The largest absolute Gasteiger partial charge is 0.490 e. The molecule has 266 valence electrons. The maximum Gasteiger partial charge on any atom is 0.239 e. The first kappa shape index (κ1) is 37.6. The second kappa shape index (κ2) is 18.0. The van der Waals surface area contributed by atoms with Crippen molar-refractivity contribution in [3.05, 3.63) is 59.2 Å². The second-order valence-corrected chi connectivity index (χ2v) is 13.6. The van der Waals surface area contributed by atoms with Crippen molar-refractivity contribution in [1.82, 2.24) is 10.2 Å². The summed E-state index contributed by atoms with van der Waals surface area (Å²) in [5, 5.41) is 2.79. The molecule has 4 atom stereocenters. The van der Waals surface area contributed by atoms with Gasteiger partial charge in [0.25, 0.3) is 0 Å². The van der Waals surface area contributed by atoms with Crippen molar-refractivity contribution in [2.24, 2.45) is 11.1 Å². The molecule has 4 rings (SSSR count). The van der Waals surface area contributed by atoms with Crippen LogP contribution in [0.4, 0.5) is 5.69 Å². The Bertz CT molecular complexity index is 1320. The number of nitrogens with two attached hydrogens (primary N) is 1. The molecule has 2 amide bonds. The summed E-state index contributed by atoms with van der Waals surface area (Å²) in [6.07, 6.45) is 1.78. The number of rotatable bonds is 17. The van der Waals surface area contributed by atoms with Gasteiger partial charge in [0.1, 0.15) is 12.4 Å². The lowest BCUT2D eigenvalue weighted by molar-refractivity contribution is -0.145. The zero-order valence-corrected chi connectivity index (χ0v) is 29.7. The quantitative estimate of drug-likeness (QED) is 0.242. The molecule has 0 aliphatic carbocycles. The number of benzene rings is 2. The normalized spacial score (nSPS) is 20.2. The van der Waals surface area contributed by atoms with Crippen molar-refractivity contribution in [3.63, 3.8) is 0 Å². The van der Waals surface area contributed by atoms with Crippen molar-refractivity contribution >= 4 is 17.5 Å². The minimum Gasteiger partial charge on any atom is -0.490 e. The number of methoxy groups -OCH3 is 2. The van der Waals surface area contributed by atoms with E-state index in [9.17, 15) is 9.59 Å². The van der Waals surface area contributed by atoms with Crippen LogP contribution < -0.4 is 20.7 Å². The SMILES string of the molecule is CNC(=O)C(C)(C)C[C@@H]1C[C@H](c2ccc(COCCOC)cc2)[C@@H](OCc2ccc3c(c2)N(CCCOC)CCO3)CN1C(=O)[C@H](C)N. The van der Waals surface area contributed by atoms with Crippen LogP contribution >= 0.6 is 0 Å². The second-order valence-electron chi connectivity index (χ2n) is 13.6. The summed E-state index contributed by atoms with van der Waals surface area (Å²) in [6, 6.07) is 13.8. The van der Waals surface area contributed by atoms with Gasteiger partial charge in [0.05, 0.1) is 50.8 Å². The molecule has 48 heavy (non-hydrogen) atoms. The summed E-state index contributed by atoms with van der Waals surface area (Å²) >= 11 is 0. The molecule has 3 N–H and O–H groups in total. The molecule has 0 aromatic heterocycles. The van der Waals surface area contributed by atoms with Gasteiger partial charge in [-0.3, -0.25) is 9.59 Å². The average molecular weight is 669 g/mol. The van der Waals surface area contributed by atoms with Crippen LogP contribution in [0.5, 0.6) is 5.75 Å². The lowest BCUT2D eigenvalue weighted by Crippen LogP contribution is -2.57. The molecule has 0 radical (unpaired) electrons. The lowest BCUT2D eigenvalue weighted by Gasteiger charge is -2.46. The minimum atomic E-state index is -0.683. The molecule has 0 unspecified atom stereocenters. The molecular weight excluding hydrogens is 612 g/mol. The lowest BCUT2D eigenvalue weighted by atomic mass is 9.76. The van der Waals surface area contributed by atoms with Crippen LogP contribution in [0.2, 0.25) is 0 Å². The molecule has 0 saturated carbocycles. The third-order valence-electron chi connectivity index (χ3n) is 9.38. The number of likely N-dealkylation sites (tertiary alicyclic amines) is 1. The van der Waals surface area contributed by atoms with Crippen LogP contribution in [0.25, 0.3) is 0 Å². The van der Waals surface area contributed by atoms with Gasteiger partial charge in [-0.25, -0.2) is 0 Å². The molecule has 0 spiro atoms. The molecule has 1 saturated heterocycles. The molecule has 2 heterocycles. The zero-order valence-electron chi connectivity index (χ0n) is 29.7. The highest BCUT2D eigenvalue weighted by Gasteiger charge is 2.43. The van der Waals surface area contributed by atoms with Crippen LogP contribution in [-0.2, 0) is 41.8 Å². The third kappa shape index (κ3) is 9.92. The van der Waals surface area contributed by atoms with Gasteiger partial charge in [-0.05, 0) is 55.0 Å². The number of nitrogens with one attached hydrogen (secondary N) is 1. The Morgan fingerprint density at radius 3 is 2.46 bits per heavy atom. The first-order chi connectivity index (χ1) is 23.1. The highest BCUT2D eigenvalue weighted by Crippen LogP contribution is 2.40. The Morgan fingerprint density at radius 1 is 1.04 bits per heavy atom. The van der Waals surface area contributed by atoms with Crippen molar-refractivity contribution in [2.75, 3.05) is 72.2 Å². The number of carbonyl (C=O) groups excluding carboxylic acids is 2. The molecular formula is C37H56N4O7. The number of piperidine rings is 1. The Balaban J connectivity index is 1.60. The number of nitrogens with zero attached hydrogens (tertiary/aromatic N) is 2. The van der Waals surface area contributed by atoms with Crippen LogP contribution in [0.3, 0.4) is 0 Å². The van der Waals surface area contributed by atoms with E-state index in [0.29, 0.717) is 59.0 Å². The molecule has 2 aromatic rings. The van der Waals surface area contributed by atoms with E-state index in [2.05, 4.69) is 40.5 Å². The standard InChI is InChI=1S/C37H56N4O7/c1-26(38)35(42)41-23-34(48-25-28-10-13-33-32(20-28)40(15-17-47-33)14-7-16-44-5)31(21-30(41)22-37(2,3)36(43)39-4)29-11-8-27(9-12-29)24-46-19-18-45-6/h8-13,20,26,30-31,34H,7,14-19,21-25,38H2,1-6H3,(H,39,43)/t26-,30-,31+,34-/m0/s1. The fourth-order valence-electron chi connectivity index (χ4n) is 6.74. The molecule has 0 bridgehead atoms. The Labute approximate surface area is 286 Å². The summed E-state index contributed by atoms with van der Waals surface area (Å²) in [5.74, 6) is 0.666. The number of ether oxygens (including phenoxy) is 5. The van der Waals surface area contributed by atoms with E-state index in [4.69, 9.17) is 29.4 Å². The molecule has 11 heteroatoms. The van der Waals surface area contributed by atoms with Gasteiger partial charge in [-0.1, -0.05) is 44.2 Å². The molecule has 11 nitrogen and oxygen atoms in total. The van der Waals surface area contributed by atoms with Crippen LogP contribution in [0, 0.1) is 5.41 Å². The average Bonchev–Trinajstić information content (AvgIpc) is 3.09. The van der Waals surface area contributed by atoms with Gasteiger partial charge in [-0.2, -0.15) is 0 Å². The van der Waals surface area contributed by atoms with Crippen molar-refractivity contribution < 1.29 is 33.3 Å². The van der Waals surface area contributed by atoms with Gasteiger partial charge in [0.2, 0.25) is 11.8 Å². The van der Waals surface area contributed by atoms with Gasteiger partial charge in [0.15, 0.2) is 0 Å². The maximum absolute atomic E-state index is 13.6. The smallest absolute Gasteiger partial charge is 0.239 e. The summed E-state index contributed by atoms with van der Waals surface area (Å²) in [5.41, 5.74) is 9.78. The first-order valence-corrected chi connectivity index (χ1v) is 17.1. The van der Waals surface area contributed by atoms with E-state index in [-0.39, 0.29) is 29.9 Å². The predicted molar refractivity (Wildman–Crippen MR) is 186 cm³/mol. The molecule has 1 fully saturated rings. The third-order valence-corrected chi connectivity index (χ3v) is 9.38. The number of amides is 2. The fraction of sp³-hybridized carbons (Fsp3) is 0.622. The summed E-state index contributed by atoms with van der Waals surface area (Å²) in [6.45, 7) is 11.0. The van der Waals surface area contributed by atoms with Gasteiger partial charge in [-0.15, -0.1) is 0 Å². The number of carbonyl (C=O) groups is 2. The topological polar surface area (TPSA) is 125 Å². The van der Waals surface area contributed by atoms with Crippen molar-refractivity contribution in [3.8, 4) is 5.75 Å². The van der Waals surface area contributed by atoms with E-state index in [1.807, 2.05) is 30.9 Å². The minimum absolute atomic E-state index is 0.0115. The molecule has 2 aromatic carbocycles. The Kier molecular flexibility index (Phi) is 14.1. The first-order valence-electron chi connectivity index (χ1n) is 17.1. The molecule has 2 aliphatic rings. The van der Waals surface area contributed by atoms with Gasteiger partial charge >= 0.3 is 0 Å². The van der Waals surface area contributed by atoms with E-state index in [1.165, 1.54) is 0 Å². The summed E-state index contributed by atoms with van der Waals surface area (Å²) < 4.78 is 28.8. The summed E-state index contributed by atoms with van der Waals surface area (Å²) in [7, 11) is 5.03. The fourth-order valence-corrected chi connectivity index (χ4v) is 6.74. The molecule has 2 aliphatic heterocycles.